The molecule has 0 saturated heterocycles. The van der Waals surface area contributed by atoms with E-state index in [2.05, 4.69) is 116 Å². The molecular weight excluding hydrogens is 416 g/mol. The van der Waals surface area contributed by atoms with Crippen molar-refractivity contribution in [2.75, 3.05) is 9.80 Å². The van der Waals surface area contributed by atoms with Gasteiger partial charge in [-0.2, -0.15) is 0 Å². The van der Waals surface area contributed by atoms with Crippen LogP contribution in [0.4, 0.5) is 22.7 Å². The van der Waals surface area contributed by atoms with Crippen molar-refractivity contribution in [3.8, 4) is 16.9 Å². The van der Waals surface area contributed by atoms with E-state index in [4.69, 9.17) is 4.74 Å². The van der Waals surface area contributed by atoms with Gasteiger partial charge < -0.3 is 14.5 Å². The van der Waals surface area contributed by atoms with Crippen LogP contribution in [0.25, 0.3) is 11.1 Å². The Hall–Kier alpha value is -3.72. The van der Waals surface area contributed by atoms with Crippen molar-refractivity contribution in [1.82, 2.24) is 0 Å². The third-order valence-corrected chi connectivity index (χ3v) is 6.36. The molecule has 1 aliphatic heterocycles. The molecule has 0 N–H and O–H groups in total. The molecule has 3 heteroatoms. The summed E-state index contributed by atoms with van der Waals surface area (Å²) in [6.07, 6.45) is 0. The average Bonchev–Trinajstić information content (AvgIpc) is 2.86. The summed E-state index contributed by atoms with van der Waals surface area (Å²) in [6, 6.07) is 35.0. The molecule has 0 unspecified atom stereocenters. The molecule has 0 fully saturated rings. The predicted octanol–water partition coefficient (Wildman–Crippen LogP) is 8.34. The maximum absolute atomic E-state index is 5.99. The zero-order valence-electron chi connectivity index (χ0n) is 20.4. The maximum atomic E-state index is 5.99. The van der Waals surface area contributed by atoms with Crippen LogP contribution in [-0.4, -0.2) is 12.1 Å². The normalized spacial score (nSPS) is 12.6. The molecule has 4 aromatic carbocycles. The average molecular weight is 449 g/mol. The lowest BCUT2D eigenvalue weighted by molar-refractivity contribution is 0.306. The Morgan fingerprint density at radius 1 is 0.559 bits per heavy atom. The van der Waals surface area contributed by atoms with E-state index in [0.717, 1.165) is 5.75 Å². The van der Waals surface area contributed by atoms with Gasteiger partial charge in [0.15, 0.2) is 0 Å². The van der Waals surface area contributed by atoms with Crippen LogP contribution in [-0.2, 0) is 6.61 Å². The van der Waals surface area contributed by atoms with Crippen molar-refractivity contribution in [3.63, 3.8) is 0 Å². The van der Waals surface area contributed by atoms with Crippen molar-refractivity contribution in [2.45, 2.75) is 46.4 Å². The van der Waals surface area contributed by atoms with Crippen molar-refractivity contribution in [1.29, 1.82) is 0 Å². The summed E-state index contributed by atoms with van der Waals surface area (Å²) in [4.78, 5) is 4.91. The first-order valence-corrected chi connectivity index (χ1v) is 12.1. The molecule has 1 heterocycles. The van der Waals surface area contributed by atoms with Gasteiger partial charge in [0.1, 0.15) is 12.4 Å². The Morgan fingerprint density at radius 3 is 1.71 bits per heavy atom. The predicted molar refractivity (Wildman–Crippen MR) is 144 cm³/mol. The summed E-state index contributed by atoms with van der Waals surface area (Å²) in [5.74, 6) is 0.884. The highest BCUT2D eigenvalue weighted by Gasteiger charge is 2.31. The summed E-state index contributed by atoms with van der Waals surface area (Å²) in [5, 5.41) is 0. The van der Waals surface area contributed by atoms with E-state index in [0.29, 0.717) is 18.7 Å². The molecule has 4 aromatic rings. The molecule has 34 heavy (non-hydrogen) atoms. The largest absolute Gasteiger partial charge is 0.489 e. The second kappa shape index (κ2) is 9.26. The highest BCUT2D eigenvalue weighted by molar-refractivity contribution is 5.95. The smallest absolute Gasteiger partial charge is 0.119 e. The monoisotopic (exact) mass is 448 g/mol. The summed E-state index contributed by atoms with van der Waals surface area (Å²) in [5.41, 5.74) is 8.62. The van der Waals surface area contributed by atoms with E-state index in [9.17, 15) is 0 Å². The van der Waals surface area contributed by atoms with Crippen LogP contribution >= 0.6 is 0 Å². The van der Waals surface area contributed by atoms with Crippen LogP contribution in [0.3, 0.4) is 0 Å². The second-order valence-electron chi connectivity index (χ2n) is 9.42. The molecule has 0 spiro atoms. The molecule has 0 saturated carbocycles. The zero-order chi connectivity index (χ0) is 23.7. The molecule has 0 radical (unpaired) electrons. The van der Waals surface area contributed by atoms with Gasteiger partial charge >= 0.3 is 0 Å². The van der Waals surface area contributed by atoms with Crippen LogP contribution in [0.15, 0.2) is 97.1 Å². The fourth-order valence-corrected chi connectivity index (χ4v) is 4.83. The molecule has 0 bridgehead atoms. The van der Waals surface area contributed by atoms with Crippen LogP contribution in [0.5, 0.6) is 5.75 Å². The van der Waals surface area contributed by atoms with E-state index >= 15 is 0 Å². The molecular formula is C31H32N2O. The highest BCUT2D eigenvalue weighted by atomic mass is 16.5. The lowest BCUT2D eigenvalue weighted by atomic mass is 9.99. The maximum Gasteiger partial charge on any atom is 0.119 e. The molecule has 0 amide bonds. The van der Waals surface area contributed by atoms with Crippen molar-refractivity contribution in [3.05, 3.63) is 103 Å². The molecule has 0 aromatic heterocycles. The SMILES string of the molecule is CC(C)N1c2ccccc2N(C(C)C)c2cc(-c3ccc(OCc4ccccc4)cc3)ccc21. The molecule has 172 valence electrons. The Balaban J connectivity index is 1.47. The summed E-state index contributed by atoms with van der Waals surface area (Å²) < 4.78 is 5.99. The number of nitrogens with zero attached hydrogens (tertiary/aromatic N) is 2. The minimum Gasteiger partial charge on any atom is -0.489 e. The number of para-hydroxylation sites is 2. The Labute approximate surface area is 203 Å². The standard InChI is InChI=1S/C31H32N2O/c1-22(2)32-28-12-8-9-13-29(28)33(23(3)4)31-20-26(16-19-30(31)32)25-14-17-27(18-15-25)34-21-24-10-6-5-7-11-24/h5-20,22-23H,21H2,1-4H3. The lowest BCUT2D eigenvalue weighted by Gasteiger charge is -2.44. The molecule has 0 atom stereocenters. The van der Waals surface area contributed by atoms with Crippen molar-refractivity contribution < 1.29 is 4.74 Å². The third-order valence-electron chi connectivity index (χ3n) is 6.36. The van der Waals surface area contributed by atoms with Gasteiger partial charge in [-0.15, -0.1) is 0 Å². The Kier molecular flexibility index (Phi) is 6.02. The van der Waals surface area contributed by atoms with E-state index < -0.39 is 0 Å². The minimum absolute atomic E-state index is 0.346. The highest BCUT2D eigenvalue weighted by Crippen LogP contribution is 2.50. The van der Waals surface area contributed by atoms with Gasteiger partial charge in [0.2, 0.25) is 0 Å². The topological polar surface area (TPSA) is 15.7 Å². The lowest BCUT2D eigenvalue weighted by Crippen LogP contribution is -2.36. The number of fused-ring (bicyclic) bond motifs is 2. The quantitative estimate of drug-likeness (QED) is 0.295. The fourth-order valence-electron chi connectivity index (χ4n) is 4.83. The number of ether oxygens (including phenoxy) is 1. The van der Waals surface area contributed by atoms with Crippen LogP contribution in [0.2, 0.25) is 0 Å². The van der Waals surface area contributed by atoms with Gasteiger partial charge in [-0.05, 0) is 80.8 Å². The number of hydrogen-bond donors (Lipinski definition) is 0. The van der Waals surface area contributed by atoms with Crippen LogP contribution in [0, 0.1) is 0 Å². The second-order valence-corrected chi connectivity index (χ2v) is 9.42. The van der Waals surface area contributed by atoms with E-state index in [1.54, 1.807) is 0 Å². The van der Waals surface area contributed by atoms with E-state index in [-0.39, 0.29) is 0 Å². The number of rotatable bonds is 6. The molecule has 0 aliphatic carbocycles. The summed E-state index contributed by atoms with van der Waals surface area (Å²) >= 11 is 0. The fraction of sp³-hybridized carbons (Fsp3) is 0.226. The number of benzene rings is 4. The first-order valence-electron chi connectivity index (χ1n) is 12.1. The van der Waals surface area contributed by atoms with Gasteiger partial charge in [-0.3, -0.25) is 0 Å². The summed E-state index contributed by atoms with van der Waals surface area (Å²) in [7, 11) is 0. The zero-order valence-corrected chi connectivity index (χ0v) is 20.4. The minimum atomic E-state index is 0.346. The Morgan fingerprint density at radius 2 is 1.09 bits per heavy atom. The molecule has 3 nitrogen and oxygen atoms in total. The van der Waals surface area contributed by atoms with Gasteiger partial charge in [0.25, 0.3) is 0 Å². The van der Waals surface area contributed by atoms with Gasteiger partial charge in [0, 0.05) is 12.1 Å². The third kappa shape index (κ3) is 4.14. The van der Waals surface area contributed by atoms with Gasteiger partial charge in [0.05, 0.1) is 22.7 Å². The van der Waals surface area contributed by atoms with Gasteiger partial charge in [-0.1, -0.05) is 60.7 Å². The van der Waals surface area contributed by atoms with Crippen LogP contribution in [0.1, 0.15) is 33.3 Å². The van der Waals surface area contributed by atoms with Crippen molar-refractivity contribution in [2.24, 2.45) is 0 Å². The first kappa shape index (κ1) is 22.1. The van der Waals surface area contributed by atoms with Crippen molar-refractivity contribution >= 4 is 22.7 Å². The Bertz CT molecular complexity index is 1260. The number of hydrogen-bond acceptors (Lipinski definition) is 3. The van der Waals surface area contributed by atoms with Gasteiger partial charge in [-0.25, -0.2) is 0 Å². The number of anilines is 4. The van der Waals surface area contributed by atoms with Crippen LogP contribution < -0.4 is 14.5 Å². The summed E-state index contributed by atoms with van der Waals surface area (Å²) in [6.45, 7) is 9.61. The first-order chi connectivity index (χ1) is 16.5. The van der Waals surface area contributed by atoms with E-state index in [1.807, 2.05) is 18.2 Å². The molecule has 1 aliphatic rings. The van der Waals surface area contributed by atoms with E-state index in [1.165, 1.54) is 39.4 Å². The molecule has 5 rings (SSSR count).